The summed E-state index contributed by atoms with van der Waals surface area (Å²) in [7, 11) is 0. The lowest BCUT2D eigenvalue weighted by Crippen LogP contribution is -2.23. The first-order valence-corrected chi connectivity index (χ1v) is 7.57. The molecule has 0 aromatic carbocycles. The van der Waals surface area contributed by atoms with E-state index < -0.39 is 5.97 Å². The SMILES string of the molecule is Cc1cc(=O)n2nc(CN3CC(C)C(C(=O)O)C3)sc2n1. The third-order valence-electron chi connectivity index (χ3n) is 3.78. The van der Waals surface area contributed by atoms with Gasteiger partial charge in [0, 0.05) is 24.8 Å². The Hall–Kier alpha value is -1.80. The van der Waals surface area contributed by atoms with Gasteiger partial charge in [-0.3, -0.25) is 14.5 Å². The molecule has 8 heteroatoms. The fourth-order valence-electron chi connectivity index (χ4n) is 2.73. The van der Waals surface area contributed by atoms with Crippen molar-refractivity contribution < 1.29 is 9.90 Å². The number of fused-ring (bicyclic) bond motifs is 1. The van der Waals surface area contributed by atoms with Gasteiger partial charge in [0.1, 0.15) is 5.01 Å². The minimum Gasteiger partial charge on any atom is -0.481 e. The Bertz CT molecular complexity index is 753. The Morgan fingerprint density at radius 3 is 2.95 bits per heavy atom. The number of aromatic nitrogens is 3. The van der Waals surface area contributed by atoms with Gasteiger partial charge in [0.05, 0.1) is 12.5 Å². The predicted molar refractivity (Wildman–Crippen MR) is 77.4 cm³/mol. The number of aryl methyl sites for hydroxylation is 1. The molecule has 0 aliphatic carbocycles. The second kappa shape index (κ2) is 5.19. The van der Waals surface area contributed by atoms with Gasteiger partial charge < -0.3 is 5.11 Å². The van der Waals surface area contributed by atoms with Crippen molar-refractivity contribution in [2.75, 3.05) is 13.1 Å². The van der Waals surface area contributed by atoms with Crippen LogP contribution in [0.4, 0.5) is 0 Å². The van der Waals surface area contributed by atoms with E-state index in [1.54, 1.807) is 6.92 Å². The van der Waals surface area contributed by atoms with E-state index in [2.05, 4.69) is 15.0 Å². The van der Waals surface area contributed by atoms with E-state index in [1.165, 1.54) is 21.9 Å². The first kappa shape index (κ1) is 14.2. The summed E-state index contributed by atoms with van der Waals surface area (Å²) in [5, 5.41) is 14.2. The molecule has 2 unspecified atom stereocenters. The van der Waals surface area contributed by atoms with Crippen molar-refractivity contribution in [1.29, 1.82) is 0 Å². The molecular formula is C13H16N4O3S. The molecule has 3 heterocycles. The summed E-state index contributed by atoms with van der Waals surface area (Å²) in [6.07, 6.45) is 0. The molecule has 0 spiro atoms. The zero-order chi connectivity index (χ0) is 15.1. The molecule has 0 radical (unpaired) electrons. The van der Waals surface area contributed by atoms with Crippen LogP contribution in [0.15, 0.2) is 10.9 Å². The molecule has 21 heavy (non-hydrogen) atoms. The second-order valence-corrected chi connectivity index (χ2v) is 6.58. The minimum absolute atomic E-state index is 0.125. The van der Waals surface area contributed by atoms with Crippen molar-refractivity contribution in [2.24, 2.45) is 11.8 Å². The van der Waals surface area contributed by atoms with Gasteiger partial charge in [-0.25, -0.2) is 4.98 Å². The number of likely N-dealkylation sites (tertiary alicyclic amines) is 1. The Morgan fingerprint density at radius 1 is 1.52 bits per heavy atom. The molecule has 0 bridgehead atoms. The number of carboxylic acids is 1. The molecule has 1 N–H and O–H groups in total. The number of nitrogens with zero attached hydrogens (tertiary/aromatic N) is 4. The zero-order valence-electron chi connectivity index (χ0n) is 11.8. The first-order valence-electron chi connectivity index (χ1n) is 6.75. The highest BCUT2D eigenvalue weighted by atomic mass is 32.1. The molecule has 1 fully saturated rings. The highest BCUT2D eigenvalue weighted by Gasteiger charge is 2.34. The molecule has 1 aliphatic rings. The van der Waals surface area contributed by atoms with E-state index in [9.17, 15) is 9.59 Å². The van der Waals surface area contributed by atoms with Crippen molar-refractivity contribution in [1.82, 2.24) is 19.5 Å². The molecule has 2 aromatic heterocycles. The number of hydrogen-bond acceptors (Lipinski definition) is 6. The average molecular weight is 308 g/mol. The molecule has 1 aliphatic heterocycles. The third-order valence-corrected chi connectivity index (χ3v) is 4.67. The van der Waals surface area contributed by atoms with Gasteiger partial charge in [-0.15, -0.1) is 0 Å². The van der Waals surface area contributed by atoms with Crippen molar-refractivity contribution in [3.63, 3.8) is 0 Å². The monoisotopic (exact) mass is 308 g/mol. The Morgan fingerprint density at radius 2 is 2.29 bits per heavy atom. The number of carbonyl (C=O) groups is 1. The molecule has 0 amide bonds. The summed E-state index contributed by atoms with van der Waals surface area (Å²) < 4.78 is 1.31. The van der Waals surface area contributed by atoms with Gasteiger partial charge in [-0.2, -0.15) is 9.61 Å². The van der Waals surface area contributed by atoms with Gasteiger partial charge in [0.25, 0.3) is 5.56 Å². The number of rotatable bonds is 3. The van der Waals surface area contributed by atoms with Crippen molar-refractivity contribution in [3.05, 3.63) is 27.1 Å². The minimum atomic E-state index is -0.747. The van der Waals surface area contributed by atoms with Gasteiger partial charge in [-0.05, 0) is 12.8 Å². The third kappa shape index (κ3) is 2.68. The van der Waals surface area contributed by atoms with Crippen LogP contribution in [0.25, 0.3) is 4.96 Å². The fourth-order valence-corrected chi connectivity index (χ4v) is 3.72. The van der Waals surface area contributed by atoms with Gasteiger partial charge in [0.15, 0.2) is 0 Å². The number of aliphatic carboxylic acids is 1. The van der Waals surface area contributed by atoms with Crippen LogP contribution in [0.5, 0.6) is 0 Å². The van der Waals surface area contributed by atoms with Crippen molar-refractivity contribution in [3.8, 4) is 0 Å². The fraction of sp³-hybridized carbons (Fsp3) is 0.538. The van der Waals surface area contributed by atoms with Crippen molar-refractivity contribution in [2.45, 2.75) is 20.4 Å². The zero-order valence-corrected chi connectivity index (χ0v) is 12.6. The molecule has 1 saturated heterocycles. The van der Waals surface area contributed by atoms with E-state index >= 15 is 0 Å². The topological polar surface area (TPSA) is 87.8 Å². The van der Waals surface area contributed by atoms with Gasteiger partial charge in [-0.1, -0.05) is 18.3 Å². The van der Waals surface area contributed by atoms with E-state index in [-0.39, 0.29) is 17.4 Å². The van der Waals surface area contributed by atoms with Gasteiger partial charge in [0.2, 0.25) is 4.96 Å². The van der Waals surface area contributed by atoms with E-state index in [1.807, 2.05) is 6.92 Å². The van der Waals surface area contributed by atoms with Crippen LogP contribution in [-0.4, -0.2) is 43.7 Å². The van der Waals surface area contributed by atoms with Crippen LogP contribution in [0.2, 0.25) is 0 Å². The smallest absolute Gasteiger partial charge is 0.308 e. The maximum atomic E-state index is 11.8. The van der Waals surface area contributed by atoms with Crippen LogP contribution in [0, 0.1) is 18.8 Å². The lowest BCUT2D eigenvalue weighted by atomic mass is 9.99. The van der Waals surface area contributed by atoms with E-state index in [0.29, 0.717) is 23.7 Å². The van der Waals surface area contributed by atoms with Crippen LogP contribution < -0.4 is 5.56 Å². The maximum absolute atomic E-state index is 11.8. The lowest BCUT2D eigenvalue weighted by Gasteiger charge is -2.12. The summed E-state index contributed by atoms with van der Waals surface area (Å²) in [6, 6.07) is 1.45. The largest absolute Gasteiger partial charge is 0.481 e. The molecular weight excluding hydrogens is 292 g/mol. The number of hydrogen-bond donors (Lipinski definition) is 1. The van der Waals surface area contributed by atoms with E-state index in [4.69, 9.17) is 5.11 Å². The van der Waals surface area contributed by atoms with Crippen molar-refractivity contribution >= 4 is 22.3 Å². The molecule has 7 nitrogen and oxygen atoms in total. The molecule has 0 saturated carbocycles. The Balaban J connectivity index is 1.82. The van der Waals surface area contributed by atoms with Crippen LogP contribution in [0.3, 0.4) is 0 Å². The second-order valence-electron chi connectivity index (χ2n) is 5.54. The van der Waals surface area contributed by atoms with Gasteiger partial charge >= 0.3 is 5.97 Å². The Labute approximate surface area is 124 Å². The van der Waals surface area contributed by atoms with Crippen LogP contribution in [0.1, 0.15) is 17.6 Å². The maximum Gasteiger partial charge on any atom is 0.308 e. The molecule has 3 rings (SSSR count). The molecule has 112 valence electrons. The standard InChI is InChI=1S/C13H16N4O3S/c1-7-4-16(5-9(7)12(19)20)6-10-15-17-11(18)3-8(2)14-13(17)21-10/h3,7,9H,4-6H2,1-2H3,(H,19,20). The summed E-state index contributed by atoms with van der Waals surface area (Å²) in [6.45, 7) is 5.54. The Kier molecular flexibility index (Phi) is 3.50. The van der Waals surface area contributed by atoms with Crippen LogP contribution in [-0.2, 0) is 11.3 Å². The highest BCUT2D eigenvalue weighted by Crippen LogP contribution is 2.25. The lowest BCUT2D eigenvalue weighted by molar-refractivity contribution is -0.142. The first-order chi connectivity index (χ1) is 9.94. The van der Waals surface area contributed by atoms with Crippen LogP contribution >= 0.6 is 11.3 Å². The average Bonchev–Trinajstić information content (AvgIpc) is 2.93. The summed E-state index contributed by atoms with van der Waals surface area (Å²) in [5.41, 5.74) is 0.495. The normalized spacial score (nSPS) is 23.0. The van der Waals surface area contributed by atoms with E-state index in [0.717, 1.165) is 11.6 Å². The molecule has 2 atom stereocenters. The summed E-state index contributed by atoms with van der Waals surface area (Å²) in [5.74, 6) is -0.953. The quantitative estimate of drug-likeness (QED) is 0.894. The highest BCUT2D eigenvalue weighted by molar-refractivity contribution is 7.16. The summed E-state index contributed by atoms with van der Waals surface area (Å²) in [4.78, 5) is 29.9. The molecule has 2 aromatic rings. The summed E-state index contributed by atoms with van der Waals surface area (Å²) >= 11 is 1.37. The number of carboxylic acid groups (broad SMARTS) is 1. The predicted octanol–water partition coefficient (Wildman–Crippen LogP) is 0.612.